The fraction of sp³-hybridized carbons (Fsp3) is 0.250. The zero-order valence-electron chi connectivity index (χ0n) is 10.1. The molecule has 0 saturated carbocycles. The van der Waals surface area contributed by atoms with Gasteiger partial charge in [0.25, 0.3) is 0 Å². The summed E-state index contributed by atoms with van der Waals surface area (Å²) in [6, 6.07) is 4.14. The number of hydrogen-bond donors (Lipinski definition) is 0. The summed E-state index contributed by atoms with van der Waals surface area (Å²) in [6.45, 7) is 0. The molecule has 1 heterocycles. The average molecular weight is 249 g/mol. The summed E-state index contributed by atoms with van der Waals surface area (Å²) in [4.78, 5) is 15.9. The molecule has 0 atom stereocenters. The minimum atomic E-state index is -0.596. The van der Waals surface area contributed by atoms with Crippen LogP contribution in [-0.2, 0) is 13.5 Å². The first-order valence-corrected chi connectivity index (χ1v) is 5.31. The highest BCUT2D eigenvalue weighted by molar-refractivity contribution is 5.97. The van der Waals surface area contributed by atoms with Crippen LogP contribution in [0, 0.1) is 5.82 Å². The standard InChI is InChI=1S/C12H12FN3O2/c1-16-12(14-7-15-16)6-11(17)9-4-3-8(18-2)5-10(9)13/h3-5,7H,6H2,1-2H3. The van der Waals surface area contributed by atoms with Crippen molar-refractivity contribution in [1.29, 1.82) is 0 Å². The van der Waals surface area contributed by atoms with Gasteiger partial charge in [0, 0.05) is 13.1 Å². The van der Waals surface area contributed by atoms with E-state index in [0.29, 0.717) is 11.6 Å². The number of halogens is 1. The van der Waals surface area contributed by atoms with Crippen LogP contribution in [0.2, 0.25) is 0 Å². The van der Waals surface area contributed by atoms with Crippen molar-refractivity contribution in [3.05, 3.63) is 41.7 Å². The van der Waals surface area contributed by atoms with Gasteiger partial charge in [0.15, 0.2) is 5.78 Å². The van der Waals surface area contributed by atoms with Crippen LogP contribution in [-0.4, -0.2) is 27.7 Å². The van der Waals surface area contributed by atoms with Gasteiger partial charge in [0.2, 0.25) is 0 Å². The lowest BCUT2D eigenvalue weighted by Crippen LogP contribution is -2.10. The smallest absolute Gasteiger partial charge is 0.173 e. The van der Waals surface area contributed by atoms with Crippen molar-refractivity contribution in [1.82, 2.24) is 14.8 Å². The van der Waals surface area contributed by atoms with Crippen molar-refractivity contribution in [2.45, 2.75) is 6.42 Å². The van der Waals surface area contributed by atoms with E-state index >= 15 is 0 Å². The van der Waals surface area contributed by atoms with E-state index in [1.165, 1.54) is 30.3 Å². The first kappa shape index (κ1) is 12.2. The Hall–Kier alpha value is -2.24. The third-order valence-electron chi connectivity index (χ3n) is 2.60. The number of ketones is 1. The molecule has 2 rings (SSSR count). The molecule has 0 radical (unpaired) electrons. The Morgan fingerprint density at radius 2 is 2.28 bits per heavy atom. The number of ether oxygens (including phenoxy) is 1. The summed E-state index contributed by atoms with van der Waals surface area (Å²) in [5.74, 6) is -0.0642. The Bertz CT molecular complexity index is 580. The van der Waals surface area contributed by atoms with Crippen molar-refractivity contribution in [2.24, 2.45) is 7.05 Å². The maximum Gasteiger partial charge on any atom is 0.173 e. The molecule has 1 aromatic carbocycles. The van der Waals surface area contributed by atoms with Gasteiger partial charge in [-0.05, 0) is 12.1 Å². The van der Waals surface area contributed by atoms with Crippen LogP contribution in [0.5, 0.6) is 5.75 Å². The minimum Gasteiger partial charge on any atom is -0.497 e. The van der Waals surface area contributed by atoms with Gasteiger partial charge in [-0.15, -0.1) is 0 Å². The Morgan fingerprint density at radius 1 is 1.50 bits per heavy atom. The summed E-state index contributed by atoms with van der Waals surface area (Å²) in [5.41, 5.74) is 0.0267. The number of carbonyl (C=O) groups excluding carboxylic acids is 1. The Morgan fingerprint density at radius 3 is 2.83 bits per heavy atom. The van der Waals surface area contributed by atoms with Crippen molar-refractivity contribution in [3.63, 3.8) is 0 Å². The van der Waals surface area contributed by atoms with E-state index in [1.54, 1.807) is 13.1 Å². The summed E-state index contributed by atoms with van der Waals surface area (Å²) >= 11 is 0. The van der Waals surface area contributed by atoms with Gasteiger partial charge >= 0.3 is 0 Å². The van der Waals surface area contributed by atoms with Crippen LogP contribution < -0.4 is 4.74 Å². The maximum absolute atomic E-state index is 13.7. The highest BCUT2D eigenvalue weighted by atomic mass is 19.1. The van der Waals surface area contributed by atoms with Crippen LogP contribution in [0.4, 0.5) is 4.39 Å². The molecule has 0 unspecified atom stereocenters. The molecule has 1 aromatic heterocycles. The zero-order chi connectivity index (χ0) is 13.1. The van der Waals surface area contributed by atoms with E-state index in [2.05, 4.69) is 10.1 Å². The second-order valence-electron chi connectivity index (χ2n) is 3.75. The highest BCUT2D eigenvalue weighted by Gasteiger charge is 2.15. The van der Waals surface area contributed by atoms with Gasteiger partial charge in [-0.3, -0.25) is 9.48 Å². The topological polar surface area (TPSA) is 57.0 Å². The van der Waals surface area contributed by atoms with E-state index in [1.807, 2.05) is 0 Å². The van der Waals surface area contributed by atoms with Crippen molar-refractivity contribution in [2.75, 3.05) is 7.11 Å². The van der Waals surface area contributed by atoms with Gasteiger partial charge in [-0.2, -0.15) is 5.10 Å². The molecule has 0 amide bonds. The highest BCUT2D eigenvalue weighted by Crippen LogP contribution is 2.17. The molecule has 0 fully saturated rings. The molecule has 0 bridgehead atoms. The molecule has 0 spiro atoms. The van der Waals surface area contributed by atoms with E-state index in [4.69, 9.17) is 4.74 Å². The predicted octanol–water partition coefficient (Wildman–Crippen LogP) is 1.39. The van der Waals surface area contributed by atoms with Crippen molar-refractivity contribution >= 4 is 5.78 Å². The number of benzene rings is 1. The maximum atomic E-state index is 13.7. The van der Waals surface area contributed by atoms with Crippen LogP contribution in [0.25, 0.3) is 0 Å². The number of carbonyl (C=O) groups is 1. The molecule has 0 aliphatic heterocycles. The lowest BCUT2D eigenvalue weighted by Gasteiger charge is -2.04. The number of Topliss-reactive ketones (excluding diaryl/α,β-unsaturated/α-hetero) is 1. The Labute approximate surface area is 103 Å². The van der Waals surface area contributed by atoms with Crippen LogP contribution in [0.1, 0.15) is 16.2 Å². The third-order valence-corrected chi connectivity index (χ3v) is 2.60. The molecule has 0 aliphatic carbocycles. The summed E-state index contributed by atoms with van der Waals surface area (Å²) in [5, 5.41) is 3.85. The first-order chi connectivity index (χ1) is 8.61. The van der Waals surface area contributed by atoms with E-state index < -0.39 is 5.82 Å². The molecule has 2 aromatic rings. The fourth-order valence-corrected chi connectivity index (χ4v) is 1.57. The SMILES string of the molecule is COc1ccc(C(=O)Cc2ncnn2C)c(F)c1. The van der Waals surface area contributed by atoms with Gasteiger partial charge in [0.05, 0.1) is 19.1 Å². The molecule has 6 heteroatoms. The number of nitrogens with zero attached hydrogens (tertiary/aromatic N) is 3. The normalized spacial score (nSPS) is 10.4. The summed E-state index contributed by atoms with van der Waals surface area (Å²) in [7, 11) is 3.12. The second kappa shape index (κ2) is 4.95. The van der Waals surface area contributed by atoms with Gasteiger partial charge in [0.1, 0.15) is 23.7 Å². The third kappa shape index (κ3) is 2.37. The molecule has 0 saturated heterocycles. The van der Waals surface area contributed by atoms with Gasteiger partial charge < -0.3 is 4.74 Å². The molecule has 18 heavy (non-hydrogen) atoms. The largest absolute Gasteiger partial charge is 0.497 e. The van der Waals surface area contributed by atoms with Crippen LogP contribution >= 0.6 is 0 Å². The lowest BCUT2D eigenvalue weighted by molar-refractivity contribution is 0.0985. The predicted molar refractivity (Wildman–Crippen MR) is 62.0 cm³/mol. The Kier molecular flexibility index (Phi) is 3.36. The van der Waals surface area contributed by atoms with Crippen molar-refractivity contribution < 1.29 is 13.9 Å². The number of aromatic nitrogens is 3. The zero-order valence-corrected chi connectivity index (χ0v) is 10.1. The summed E-state index contributed by atoms with van der Waals surface area (Å²) < 4.78 is 20.0. The van der Waals surface area contributed by atoms with Gasteiger partial charge in [-0.1, -0.05) is 0 Å². The molecular weight excluding hydrogens is 237 g/mol. The van der Waals surface area contributed by atoms with Crippen LogP contribution in [0.15, 0.2) is 24.5 Å². The average Bonchev–Trinajstić information content (AvgIpc) is 2.74. The molecule has 5 nitrogen and oxygen atoms in total. The lowest BCUT2D eigenvalue weighted by atomic mass is 10.1. The molecule has 0 aliphatic rings. The number of hydrogen-bond acceptors (Lipinski definition) is 4. The van der Waals surface area contributed by atoms with Crippen LogP contribution in [0.3, 0.4) is 0 Å². The van der Waals surface area contributed by atoms with E-state index in [0.717, 1.165) is 0 Å². The van der Waals surface area contributed by atoms with Crippen molar-refractivity contribution in [3.8, 4) is 5.75 Å². The van der Waals surface area contributed by atoms with E-state index in [9.17, 15) is 9.18 Å². The van der Waals surface area contributed by atoms with E-state index in [-0.39, 0.29) is 17.8 Å². The fourth-order valence-electron chi connectivity index (χ4n) is 1.57. The molecule has 94 valence electrons. The summed E-state index contributed by atoms with van der Waals surface area (Å²) in [6.07, 6.45) is 1.37. The number of methoxy groups -OCH3 is 1. The minimum absolute atomic E-state index is 0.0136. The Balaban J connectivity index is 2.22. The monoisotopic (exact) mass is 249 g/mol. The molecule has 0 N–H and O–H groups in total. The number of rotatable bonds is 4. The first-order valence-electron chi connectivity index (χ1n) is 5.31. The second-order valence-corrected chi connectivity index (χ2v) is 3.75. The molecular formula is C12H12FN3O2. The number of aryl methyl sites for hydroxylation is 1. The van der Waals surface area contributed by atoms with Gasteiger partial charge in [-0.25, -0.2) is 9.37 Å². The quantitative estimate of drug-likeness (QED) is 0.768.